The molecule has 0 aromatic heterocycles. The fourth-order valence-electron chi connectivity index (χ4n) is 5.48. The van der Waals surface area contributed by atoms with Crippen LogP contribution in [0.2, 0.25) is 0 Å². The summed E-state index contributed by atoms with van der Waals surface area (Å²) in [5.41, 5.74) is 3.23. The molecule has 3 nitrogen and oxygen atoms in total. The predicted octanol–water partition coefficient (Wildman–Crippen LogP) is 5.37. The Morgan fingerprint density at radius 3 is 1.61 bits per heavy atom. The van der Waals surface area contributed by atoms with E-state index in [1.807, 2.05) is 0 Å². The lowest BCUT2D eigenvalue weighted by Crippen LogP contribution is -2.55. The van der Waals surface area contributed by atoms with E-state index in [2.05, 4.69) is 102 Å². The third-order valence-electron chi connectivity index (χ3n) is 6.92. The maximum Gasteiger partial charge on any atom is 0.128 e. The summed E-state index contributed by atoms with van der Waals surface area (Å²) in [6.07, 6.45) is 3.93. The highest BCUT2D eigenvalue weighted by Gasteiger charge is 2.49. The Balaban J connectivity index is 1.64. The molecule has 1 fully saturated rings. The summed E-state index contributed by atoms with van der Waals surface area (Å²) in [7, 11) is 1.76. The molecule has 0 unspecified atom stereocenters. The molecular formula is C28H29NO2. The van der Waals surface area contributed by atoms with Crippen LogP contribution in [0, 0.1) is 0 Å². The second-order valence-corrected chi connectivity index (χ2v) is 8.37. The summed E-state index contributed by atoms with van der Waals surface area (Å²) in [6.45, 7) is 2.48. The smallest absolute Gasteiger partial charge is 0.128 e. The van der Waals surface area contributed by atoms with Gasteiger partial charge in [-0.1, -0.05) is 91.0 Å². The second kappa shape index (κ2) is 8.33. The van der Waals surface area contributed by atoms with Gasteiger partial charge < -0.3 is 9.47 Å². The summed E-state index contributed by atoms with van der Waals surface area (Å²) in [5, 5.41) is 0. The first kappa shape index (κ1) is 20.0. The Hall–Kier alpha value is -2.88. The highest BCUT2D eigenvalue weighted by molar-refractivity contribution is 5.50. The Morgan fingerprint density at radius 2 is 1.19 bits per heavy atom. The zero-order valence-electron chi connectivity index (χ0n) is 18.0. The van der Waals surface area contributed by atoms with E-state index >= 15 is 0 Å². The topological polar surface area (TPSA) is 21.7 Å². The zero-order chi connectivity index (χ0) is 21.2. The molecule has 31 heavy (non-hydrogen) atoms. The van der Waals surface area contributed by atoms with Crippen molar-refractivity contribution in [3.8, 4) is 0 Å². The van der Waals surface area contributed by atoms with Crippen molar-refractivity contribution in [2.75, 3.05) is 26.8 Å². The molecule has 0 bridgehead atoms. The summed E-state index contributed by atoms with van der Waals surface area (Å²) in [4.78, 5) is 2.63. The Morgan fingerprint density at radius 1 is 0.742 bits per heavy atom. The number of rotatable bonds is 5. The van der Waals surface area contributed by atoms with E-state index in [1.165, 1.54) is 16.7 Å². The normalized spacial score (nSPS) is 18.7. The van der Waals surface area contributed by atoms with E-state index in [-0.39, 0.29) is 11.1 Å². The van der Waals surface area contributed by atoms with Gasteiger partial charge in [0.15, 0.2) is 0 Å². The minimum absolute atomic E-state index is 0.277. The number of hydrogen-bond acceptors (Lipinski definition) is 3. The highest BCUT2D eigenvalue weighted by atomic mass is 16.6. The van der Waals surface area contributed by atoms with Crippen molar-refractivity contribution in [2.24, 2.45) is 0 Å². The van der Waals surface area contributed by atoms with E-state index in [1.54, 1.807) is 7.11 Å². The van der Waals surface area contributed by atoms with Crippen molar-refractivity contribution in [1.82, 2.24) is 4.90 Å². The predicted molar refractivity (Wildman–Crippen MR) is 124 cm³/mol. The molecule has 1 saturated heterocycles. The number of ether oxygens (including phenoxy) is 2. The first-order valence-corrected chi connectivity index (χ1v) is 11.1. The number of likely N-dealkylation sites (tertiary alicyclic amines) is 1. The highest BCUT2D eigenvalue weighted by Crippen LogP contribution is 2.46. The van der Waals surface area contributed by atoms with Gasteiger partial charge in [0.1, 0.15) is 11.4 Å². The third-order valence-corrected chi connectivity index (χ3v) is 6.92. The Labute approximate surface area is 184 Å². The van der Waals surface area contributed by atoms with E-state index in [0.717, 1.165) is 31.7 Å². The van der Waals surface area contributed by atoms with E-state index in [9.17, 15) is 0 Å². The third kappa shape index (κ3) is 3.29. The molecule has 0 N–H and O–H groups in total. The Bertz CT molecular complexity index is 926. The molecule has 0 saturated carbocycles. The van der Waals surface area contributed by atoms with Gasteiger partial charge in [-0.15, -0.1) is 0 Å². The summed E-state index contributed by atoms with van der Waals surface area (Å²) < 4.78 is 11.9. The van der Waals surface area contributed by atoms with Crippen molar-refractivity contribution in [2.45, 2.75) is 24.0 Å². The van der Waals surface area contributed by atoms with Crippen LogP contribution in [0.3, 0.4) is 0 Å². The summed E-state index contributed by atoms with van der Waals surface area (Å²) >= 11 is 0. The second-order valence-electron chi connectivity index (χ2n) is 8.37. The molecule has 5 rings (SSSR count). The van der Waals surface area contributed by atoms with E-state index in [4.69, 9.17) is 9.47 Å². The summed E-state index contributed by atoms with van der Waals surface area (Å²) in [5.74, 6) is 0.997. The first-order chi connectivity index (χ1) is 15.3. The van der Waals surface area contributed by atoms with Crippen molar-refractivity contribution in [3.63, 3.8) is 0 Å². The van der Waals surface area contributed by atoms with Gasteiger partial charge in [-0.05, 0) is 35.6 Å². The van der Waals surface area contributed by atoms with Crippen LogP contribution in [0.1, 0.15) is 29.5 Å². The van der Waals surface area contributed by atoms with Crippen molar-refractivity contribution in [3.05, 3.63) is 120 Å². The van der Waals surface area contributed by atoms with Gasteiger partial charge in [0, 0.05) is 13.1 Å². The minimum atomic E-state index is -0.360. The molecule has 158 valence electrons. The molecule has 1 spiro atoms. The lowest BCUT2D eigenvalue weighted by Gasteiger charge is -2.50. The van der Waals surface area contributed by atoms with Crippen LogP contribution in [0.15, 0.2) is 103 Å². The van der Waals surface area contributed by atoms with Gasteiger partial charge in [0.2, 0.25) is 0 Å². The van der Waals surface area contributed by atoms with Gasteiger partial charge in [0.05, 0.1) is 19.3 Å². The number of hydrogen-bond donors (Lipinski definition) is 0. The average Bonchev–Trinajstić information content (AvgIpc) is 3.25. The number of benzene rings is 3. The SMILES string of the molecule is COC1=CCOC12CCN(C(c1ccccc1)(c1ccccc1)c1ccccc1)CC2. The lowest BCUT2D eigenvalue weighted by atomic mass is 9.73. The van der Waals surface area contributed by atoms with Crippen LogP contribution in [-0.4, -0.2) is 37.3 Å². The van der Waals surface area contributed by atoms with Gasteiger partial charge in [0.25, 0.3) is 0 Å². The molecule has 2 aliphatic heterocycles. The van der Waals surface area contributed by atoms with Crippen LogP contribution >= 0.6 is 0 Å². The van der Waals surface area contributed by atoms with Crippen molar-refractivity contribution >= 4 is 0 Å². The quantitative estimate of drug-likeness (QED) is 0.527. The molecule has 2 aliphatic rings. The van der Waals surface area contributed by atoms with Gasteiger partial charge >= 0.3 is 0 Å². The van der Waals surface area contributed by atoms with Gasteiger partial charge in [-0.2, -0.15) is 0 Å². The molecular weight excluding hydrogens is 382 g/mol. The molecule has 0 atom stereocenters. The van der Waals surface area contributed by atoms with Gasteiger partial charge in [-0.3, -0.25) is 4.90 Å². The minimum Gasteiger partial charge on any atom is -0.498 e. The molecule has 0 aliphatic carbocycles. The fourth-order valence-corrected chi connectivity index (χ4v) is 5.48. The molecule has 2 heterocycles. The van der Waals surface area contributed by atoms with Crippen LogP contribution in [0.4, 0.5) is 0 Å². The van der Waals surface area contributed by atoms with E-state index < -0.39 is 0 Å². The fraction of sp³-hybridized carbons (Fsp3) is 0.286. The van der Waals surface area contributed by atoms with Crippen LogP contribution in [0.25, 0.3) is 0 Å². The molecule has 0 radical (unpaired) electrons. The van der Waals surface area contributed by atoms with Crippen LogP contribution in [-0.2, 0) is 15.0 Å². The van der Waals surface area contributed by atoms with Gasteiger partial charge in [-0.25, -0.2) is 0 Å². The molecule has 3 aromatic rings. The average molecular weight is 412 g/mol. The number of methoxy groups -OCH3 is 1. The largest absolute Gasteiger partial charge is 0.498 e. The molecule has 3 heteroatoms. The maximum atomic E-state index is 6.22. The molecule has 0 amide bonds. The molecule has 3 aromatic carbocycles. The number of nitrogens with zero attached hydrogens (tertiary/aromatic N) is 1. The van der Waals surface area contributed by atoms with Crippen molar-refractivity contribution in [1.29, 1.82) is 0 Å². The lowest BCUT2D eigenvalue weighted by molar-refractivity contribution is -0.0666. The maximum absolute atomic E-state index is 6.22. The standard InChI is InChI=1S/C28H29NO2/c1-30-26-17-22-31-27(26)18-20-29(21-19-27)28(23-11-5-2-6-12-23,24-13-7-3-8-14-24)25-15-9-4-10-16-25/h2-17H,18-22H2,1H3. The Kier molecular flexibility index (Phi) is 5.39. The first-order valence-electron chi connectivity index (χ1n) is 11.1. The van der Waals surface area contributed by atoms with Crippen LogP contribution in [0.5, 0.6) is 0 Å². The summed E-state index contributed by atoms with van der Waals surface area (Å²) in [6, 6.07) is 32.7. The van der Waals surface area contributed by atoms with Crippen molar-refractivity contribution < 1.29 is 9.47 Å². The number of piperidine rings is 1. The zero-order valence-corrected chi connectivity index (χ0v) is 18.0. The monoisotopic (exact) mass is 411 g/mol. The van der Waals surface area contributed by atoms with E-state index in [0.29, 0.717) is 6.61 Å². The van der Waals surface area contributed by atoms with Crippen LogP contribution < -0.4 is 0 Å².